The molecule has 0 bridgehead atoms. The van der Waals surface area contributed by atoms with Gasteiger partial charge in [-0.25, -0.2) is 4.57 Å². The highest BCUT2D eigenvalue weighted by atomic mass is 31.2. The Hall–Kier alpha value is -1.02. The molecule has 3 N–H and O–H groups in total. The molecular formula is C30H60N2O6P+. The maximum absolute atomic E-state index is 12.6. The fraction of sp³-hybridized carbons (Fsp3) is 0.833. The minimum Gasteiger partial charge on any atom is -0.387 e. The predicted molar refractivity (Wildman–Crippen MR) is 161 cm³/mol. The average molecular weight is 576 g/mol. The van der Waals surface area contributed by atoms with E-state index in [4.69, 9.17) is 9.05 Å². The number of unbranched alkanes of at least 4 members (excludes halogenated alkanes) is 11. The van der Waals surface area contributed by atoms with Gasteiger partial charge in [0.15, 0.2) is 0 Å². The quantitative estimate of drug-likeness (QED) is 0.0460. The topological polar surface area (TPSA) is 105 Å². The zero-order valence-corrected chi connectivity index (χ0v) is 26.5. The number of carbonyl (C=O) groups is 1. The molecule has 0 saturated carbocycles. The van der Waals surface area contributed by atoms with Crippen LogP contribution in [0.1, 0.15) is 110 Å². The van der Waals surface area contributed by atoms with Crippen LogP contribution in [0.3, 0.4) is 0 Å². The number of hydrogen-bond acceptors (Lipinski definition) is 5. The van der Waals surface area contributed by atoms with Gasteiger partial charge in [0.25, 0.3) is 0 Å². The summed E-state index contributed by atoms with van der Waals surface area (Å²) in [6, 6.07) is -0.841. The molecule has 0 fully saturated rings. The lowest BCUT2D eigenvalue weighted by Gasteiger charge is -2.25. The zero-order valence-electron chi connectivity index (χ0n) is 25.6. The number of rotatable bonds is 26. The minimum absolute atomic E-state index is 0.0590. The second-order valence-corrected chi connectivity index (χ2v) is 12.9. The standard InChI is InChI=1S/C30H59N2O6P/c1-6-8-10-12-13-14-15-16-17-18-20-22-24-30(34)31-28(29(33)23-21-19-11-9-7-2)27-38-39(35,36)37-26-25-32(3,4)5/h13-14,21,23,28-29,33H,6-12,15-20,22,24-27H2,1-5H3,(H-,31,34,35,36)/p+1/b14-13-,23-21+. The molecule has 0 heterocycles. The van der Waals surface area contributed by atoms with Crippen LogP contribution in [-0.4, -0.2) is 73.4 Å². The predicted octanol–water partition coefficient (Wildman–Crippen LogP) is 6.68. The van der Waals surface area contributed by atoms with E-state index in [1.807, 2.05) is 27.2 Å². The monoisotopic (exact) mass is 575 g/mol. The van der Waals surface area contributed by atoms with E-state index in [1.165, 1.54) is 32.1 Å². The Labute approximate surface area is 239 Å². The summed E-state index contributed by atoms with van der Waals surface area (Å²) in [5, 5.41) is 13.5. The van der Waals surface area contributed by atoms with E-state index in [1.54, 1.807) is 6.08 Å². The summed E-state index contributed by atoms with van der Waals surface area (Å²) in [4.78, 5) is 22.6. The number of allylic oxidation sites excluding steroid dienone is 3. The van der Waals surface area contributed by atoms with Crippen molar-refractivity contribution in [3.63, 3.8) is 0 Å². The van der Waals surface area contributed by atoms with E-state index in [0.29, 0.717) is 17.4 Å². The molecule has 0 spiro atoms. The summed E-state index contributed by atoms with van der Waals surface area (Å²) in [6.07, 6.45) is 22.8. The number of phosphoric ester groups is 1. The SMILES string of the molecule is CCCCC/C=C\CCCCCCCC(=O)NC(COP(=O)(O)OCC[N+](C)(C)C)C(O)/C=C/CCCCC. The van der Waals surface area contributed by atoms with E-state index < -0.39 is 20.0 Å². The number of amides is 1. The molecule has 1 amide bonds. The molecule has 0 saturated heterocycles. The number of phosphoric acid groups is 1. The largest absolute Gasteiger partial charge is 0.472 e. The normalized spacial score (nSPS) is 15.6. The molecule has 8 nitrogen and oxygen atoms in total. The molecule has 0 aromatic rings. The van der Waals surface area contributed by atoms with Crippen molar-refractivity contribution in [3.05, 3.63) is 24.3 Å². The Bertz CT molecular complexity index is 708. The van der Waals surface area contributed by atoms with Gasteiger partial charge >= 0.3 is 7.82 Å². The van der Waals surface area contributed by atoms with Gasteiger partial charge in [0.1, 0.15) is 13.2 Å². The average Bonchev–Trinajstić information content (AvgIpc) is 2.86. The molecule has 3 atom stereocenters. The van der Waals surface area contributed by atoms with Gasteiger partial charge in [-0.15, -0.1) is 0 Å². The highest BCUT2D eigenvalue weighted by Gasteiger charge is 2.27. The Morgan fingerprint density at radius 3 is 1.97 bits per heavy atom. The van der Waals surface area contributed by atoms with Crippen LogP contribution < -0.4 is 5.32 Å². The summed E-state index contributed by atoms with van der Waals surface area (Å²) in [7, 11) is 1.55. The number of hydrogen-bond donors (Lipinski definition) is 3. The van der Waals surface area contributed by atoms with Crippen molar-refractivity contribution < 1.29 is 32.9 Å². The maximum Gasteiger partial charge on any atom is 0.472 e. The second kappa shape index (κ2) is 23.7. The molecule has 230 valence electrons. The smallest absolute Gasteiger partial charge is 0.387 e. The van der Waals surface area contributed by atoms with Crippen LogP contribution in [0.25, 0.3) is 0 Å². The highest BCUT2D eigenvalue weighted by Crippen LogP contribution is 2.43. The van der Waals surface area contributed by atoms with E-state index in [-0.39, 0.29) is 19.1 Å². The Balaban J connectivity index is 4.54. The number of likely N-dealkylation sites (N-methyl/N-ethyl adjacent to an activating group) is 1. The molecule has 0 aliphatic carbocycles. The van der Waals surface area contributed by atoms with Crippen molar-refractivity contribution in [1.29, 1.82) is 0 Å². The minimum atomic E-state index is -4.31. The summed E-state index contributed by atoms with van der Waals surface area (Å²) >= 11 is 0. The molecule has 9 heteroatoms. The molecule has 39 heavy (non-hydrogen) atoms. The van der Waals surface area contributed by atoms with Gasteiger partial charge in [-0.1, -0.05) is 83.1 Å². The third-order valence-corrected chi connectivity index (χ3v) is 7.40. The number of nitrogens with zero attached hydrogens (tertiary/aromatic N) is 1. The maximum atomic E-state index is 12.6. The van der Waals surface area contributed by atoms with Crippen molar-refractivity contribution in [2.45, 2.75) is 122 Å². The Kier molecular flexibility index (Phi) is 23.0. The first-order chi connectivity index (χ1) is 18.5. The Morgan fingerprint density at radius 2 is 1.38 bits per heavy atom. The van der Waals surface area contributed by atoms with E-state index in [0.717, 1.165) is 57.8 Å². The number of aliphatic hydroxyl groups is 1. The highest BCUT2D eigenvalue weighted by molar-refractivity contribution is 7.47. The van der Waals surface area contributed by atoms with Crippen molar-refractivity contribution in [2.24, 2.45) is 0 Å². The lowest BCUT2D eigenvalue weighted by Crippen LogP contribution is -2.45. The van der Waals surface area contributed by atoms with Crippen molar-refractivity contribution >= 4 is 13.7 Å². The van der Waals surface area contributed by atoms with Crippen LogP contribution in [0, 0.1) is 0 Å². The molecule has 0 rings (SSSR count). The lowest BCUT2D eigenvalue weighted by molar-refractivity contribution is -0.870. The first kappa shape index (κ1) is 38.0. The molecular weight excluding hydrogens is 515 g/mol. The van der Waals surface area contributed by atoms with Gasteiger partial charge in [0, 0.05) is 6.42 Å². The second-order valence-electron chi connectivity index (χ2n) is 11.5. The lowest BCUT2D eigenvalue weighted by atomic mass is 10.1. The number of carbonyl (C=O) groups excluding carboxylic acids is 1. The molecule has 0 aliphatic rings. The van der Waals surface area contributed by atoms with E-state index >= 15 is 0 Å². The van der Waals surface area contributed by atoms with Crippen LogP contribution in [0.4, 0.5) is 0 Å². The summed E-state index contributed by atoms with van der Waals surface area (Å²) in [5.74, 6) is -0.198. The number of nitrogens with one attached hydrogen (secondary N) is 1. The fourth-order valence-corrected chi connectivity index (χ4v) is 4.59. The molecule has 0 aromatic heterocycles. The van der Waals surface area contributed by atoms with Crippen molar-refractivity contribution in [1.82, 2.24) is 5.32 Å². The van der Waals surface area contributed by atoms with Gasteiger partial charge in [0.05, 0.1) is 39.9 Å². The first-order valence-corrected chi connectivity index (χ1v) is 16.7. The van der Waals surface area contributed by atoms with Gasteiger partial charge in [0.2, 0.25) is 5.91 Å². The molecule has 0 aromatic carbocycles. The summed E-state index contributed by atoms with van der Waals surface area (Å²) in [6.45, 7) is 4.62. The van der Waals surface area contributed by atoms with Crippen LogP contribution >= 0.6 is 7.82 Å². The summed E-state index contributed by atoms with van der Waals surface area (Å²) < 4.78 is 23.1. The molecule has 3 unspecified atom stereocenters. The third kappa shape index (κ3) is 25.7. The van der Waals surface area contributed by atoms with E-state index in [2.05, 4.69) is 31.3 Å². The van der Waals surface area contributed by atoms with Crippen LogP contribution in [-0.2, 0) is 18.4 Å². The van der Waals surface area contributed by atoms with Gasteiger partial charge in [-0.2, -0.15) is 0 Å². The number of aliphatic hydroxyl groups excluding tert-OH is 1. The van der Waals surface area contributed by atoms with Gasteiger partial charge in [-0.3, -0.25) is 13.8 Å². The molecule has 0 aliphatic heterocycles. The van der Waals surface area contributed by atoms with Gasteiger partial charge in [-0.05, 0) is 44.9 Å². The van der Waals surface area contributed by atoms with Crippen LogP contribution in [0.15, 0.2) is 24.3 Å². The van der Waals surface area contributed by atoms with Crippen LogP contribution in [0.5, 0.6) is 0 Å². The fourth-order valence-electron chi connectivity index (χ4n) is 3.85. The van der Waals surface area contributed by atoms with Crippen LogP contribution in [0.2, 0.25) is 0 Å². The third-order valence-electron chi connectivity index (χ3n) is 6.42. The van der Waals surface area contributed by atoms with Gasteiger partial charge < -0.3 is 19.8 Å². The summed E-state index contributed by atoms with van der Waals surface area (Å²) in [5.41, 5.74) is 0. The zero-order chi connectivity index (χ0) is 29.4. The molecule has 0 radical (unpaired) electrons. The Morgan fingerprint density at radius 1 is 0.846 bits per heavy atom. The van der Waals surface area contributed by atoms with Crippen molar-refractivity contribution in [3.8, 4) is 0 Å². The van der Waals surface area contributed by atoms with E-state index in [9.17, 15) is 19.4 Å². The van der Waals surface area contributed by atoms with Crippen molar-refractivity contribution in [2.75, 3.05) is 40.9 Å². The number of quaternary nitrogens is 1. The first-order valence-electron chi connectivity index (χ1n) is 15.2.